The first-order valence-corrected chi connectivity index (χ1v) is 5.34. The summed E-state index contributed by atoms with van der Waals surface area (Å²) in [5.74, 6) is 0.997. The van der Waals surface area contributed by atoms with E-state index in [0.29, 0.717) is 17.3 Å². The van der Waals surface area contributed by atoms with E-state index in [9.17, 15) is 0 Å². The lowest BCUT2D eigenvalue weighted by atomic mass is 10.2. The Morgan fingerprint density at radius 2 is 2.17 bits per heavy atom. The van der Waals surface area contributed by atoms with Crippen LogP contribution in [0.3, 0.4) is 0 Å². The number of nitrogens with two attached hydrogens (primary N) is 1. The highest BCUT2D eigenvalue weighted by atomic mass is 15.3. The highest BCUT2D eigenvalue weighted by Crippen LogP contribution is 2.16. The second kappa shape index (κ2) is 5.09. The van der Waals surface area contributed by atoms with Crippen molar-refractivity contribution in [1.82, 2.24) is 19.6 Å². The van der Waals surface area contributed by atoms with Crippen molar-refractivity contribution < 1.29 is 0 Å². The zero-order valence-corrected chi connectivity index (χ0v) is 9.82. The summed E-state index contributed by atoms with van der Waals surface area (Å²) in [6, 6.07) is 1.66. The molecule has 2 N–H and O–H groups in total. The Morgan fingerprint density at radius 1 is 1.33 bits per heavy atom. The van der Waals surface area contributed by atoms with Crippen molar-refractivity contribution in [2.75, 3.05) is 5.73 Å². The summed E-state index contributed by atoms with van der Waals surface area (Å²) in [7, 11) is 0. The highest BCUT2D eigenvalue weighted by Gasteiger charge is 2.08. The summed E-state index contributed by atoms with van der Waals surface area (Å²) in [5, 5.41) is 4.11. The van der Waals surface area contributed by atoms with Crippen LogP contribution < -0.4 is 5.73 Å². The largest absolute Gasteiger partial charge is 0.384 e. The van der Waals surface area contributed by atoms with E-state index in [0.717, 1.165) is 5.57 Å². The third kappa shape index (κ3) is 2.20. The van der Waals surface area contributed by atoms with Crippen LogP contribution in [0, 0.1) is 0 Å². The summed E-state index contributed by atoms with van der Waals surface area (Å²) in [6.45, 7) is 7.37. The maximum absolute atomic E-state index is 5.74. The van der Waals surface area contributed by atoms with Gasteiger partial charge in [0.15, 0.2) is 11.5 Å². The molecule has 0 aromatic carbocycles. The molecule has 18 heavy (non-hydrogen) atoms. The molecule has 0 spiro atoms. The fourth-order valence-electron chi connectivity index (χ4n) is 1.50. The standard InChI is InChI=1S/C13H13N5/c1-3-5-6-7-10(4-2)13-17-11(14)8-12-15-9-16-18(12)13/h3-9H,1-2,14H2/b6-5-,10-7+. The van der Waals surface area contributed by atoms with Gasteiger partial charge in [-0.15, -0.1) is 0 Å². The van der Waals surface area contributed by atoms with Gasteiger partial charge in [-0.3, -0.25) is 0 Å². The van der Waals surface area contributed by atoms with Crippen LogP contribution in [0.5, 0.6) is 0 Å². The number of hydrogen-bond donors (Lipinski definition) is 1. The number of rotatable bonds is 4. The van der Waals surface area contributed by atoms with Gasteiger partial charge in [-0.1, -0.05) is 43.5 Å². The number of anilines is 1. The maximum atomic E-state index is 5.74. The minimum atomic E-state index is 0.394. The number of hydrogen-bond acceptors (Lipinski definition) is 4. The van der Waals surface area contributed by atoms with Gasteiger partial charge in [0, 0.05) is 11.6 Å². The van der Waals surface area contributed by atoms with Crippen LogP contribution in [-0.2, 0) is 0 Å². The van der Waals surface area contributed by atoms with E-state index < -0.39 is 0 Å². The Labute approximate surface area is 105 Å². The molecule has 0 fully saturated rings. The van der Waals surface area contributed by atoms with Crippen LogP contribution in [0.25, 0.3) is 11.2 Å². The van der Waals surface area contributed by atoms with Gasteiger partial charge in [-0.25, -0.2) is 9.97 Å². The first-order valence-electron chi connectivity index (χ1n) is 5.34. The van der Waals surface area contributed by atoms with Crippen molar-refractivity contribution in [3.05, 3.63) is 61.8 Å². The molecule has 0 bridgehead atoms. The van der Waals surface area contributed by atoms with Gasteiger partial charge in [-0.05, 0) is 0 Å². The first-order chi connectivity index (χ1) is 8.76. The highest BCUT2D eigenvalue weighted by molar-refractivity contribution is 5.72. The predicted molar refractivity (Wildman–Crippen MR) is 72.7 cm³/mol. The fraction of sp³-hybridized carbons (Fsp3) is 0. The molecule has 2 aromatic heterocycles. The van der Waals surface area contributed by atoms with E-state index in [-0.39, 0.29) is 0 Å². The van der Waals surface area contributed by atoms with Gasteiger partial charge in [-0.2, -0.15) is 9.61 Å². The normalized spacial score (nSPS) is 12.1. The van der Waals surface area contributed by atoms with Crippen LogP contribution in [0.15, 0.2) is 55.9 Å². The van der Waals surface area contributed by atoms with E-state index in [1.807, 2.05) is 18.2 Å². The molecular formula is C13H13N5. The van der Waals surface area contributed by atoms with Crippen molar-refractivity contribution in [2.24, 2.45) is 0 Å². The number of nitrogen functional groups attached to an aromatic ring is 1. The third-order valence-corrected chi connectivity index (χ3v) is 2.29. The van der Waals surface area contributed by atoms with E-state index in [2.05, 4.69) is 28.2 Å². The summed E-state index contributed by atoms with van der Waals surface area (Å²) in [6.07, 6.45) is 10.4. The van der Waals surface area contributed by atoms with Crippen LogP contribution in [0.2, 0.25) is 0 Å². The molecular weight excluding hydrogens is 226 g/mol. The van der Waals surface area contributed by atoms with Gasteiger partial charge in [0.25, 0.3) is 0 Å². The van der Waals surface area contributed by atoms with Crippen LogP contribution in [-0.4, -0.2) is 19.6 Å². The minimum Gasteiger partial charge on any atom is -0.384 e. The van der Waals surface area contributed by atoms with Crippen molar-refractivity contribution in [2.45, 2.75) is 0 Å². The van der Waals surface area contributed by atoms with Gasteiger partial charge in [0.05, 0.1) is 0 Å². The molecule has 0 aliphatic rings. The Hall–Kier alpha value is -2.69. The molecule has 2 aromatic rings. The maximum Gasteiger partial charge on any atom is 0.165 e. The molecule has 2 rings (SSSR count). The SMILES string of the molecule is C=C/C=C\C=C(/C=C)c1nc(N)cc2ncnn12. The molecule has 5 heteroatoms. The van der Waals surface area contributed by atoms with Crippen LogP contribution in [0.4, 0.5) is 5.82 Å². The molecule has 0 radical (unpaired) electrons. The quantitative estimate of drug-likeness (QED) is 0.829. The summed E-state index contributed by atoms with van der Waals surface area (Å²) >= 11 is 0. The van der Waals surface area contributed by atoms with Gasteiger partial charge < -0.3 is 5.73 Å². The zero-order valence-electron chi connectivity index (χ0n) is 9.82. The lowest BCUT2D eigenvalue weighted by Gasteiger charge is -2.04. The van der Waals surface area contributed by atoms with Crippen molar-refractivity contribution in [1.29, 1.82) is 0 Å². The van der Waals surface area contributed by atoms with Crippen molar-refractivity contribution in [3.8, 4) is 0 Å². The fourth-order valence-corrected chi connectivity index (χ4v) is 1.50. The second-order valence-corrected chi connectivity index (χ2v) is 3.48. The third-order valence-electron chi connectivity index (χ3n) is 2.29. The van der Waals surface area contributed by atoms with Gasteiger partial charge in [0.2, 0.25) is 0 Å². The molecule has 90 valence electrons. The van der Waals surface area contributed by atoms with Crippen LogP contribution >= 0.6 is 0 Å². The van der Waals surface area contributed by atoms with Crippen molar-refractivity contribution >= 4 is 17.0 Å². The summed E-state index contributed by atoms with van der Waals surface area (Å²) in [5.41, 5.74) is 7.20. The van der Waals surface area contributed by atoms with Gasteiger partial charge >= 0.3 is 0 Å². The van der Waals surface area contributed by atoms with E-state index in [1.165, 1.54) is 6.33 Å². The molecule has 0 unspecified atom stereocenters. The molecule has 0 saturated heterocycles. The van der Waals surface area contributed by atoms with Crippen molar-refractivity contribution in [3.63, 3.8) is 0 Å². The topological polar surface area (TPSA) is 69.1 Å². The Bertz CT molecular complexity index is 648. The lowest BCUT2D eigenvalue weighted by molar-refractivity contribution is 0.902. The minimum absolute atomic E-state index is 0.394. The Morgan fingerprint density at radius 3 is 2.89 bits per heavy atom. The smallest absolute Gasteiger partial charge is 0.165 e. The molecule has 0 amide bonds. The molecule has 0 aliphatic carbocycles. The van der Waals surface area contributed by atoms with E-state index >= 15 is 0 Å². The first kappa shape index (κ1) is 11.8. The zero-order chi connectivity index (χ0) is 13.0. The molecule has 5 nitrogen and oxygen atoms in total. The van der Waals surface area contributed by atoms with Crippen LogP contribution in [0.1, 0.15) is 5.82 Å². The molecule has 0 atom stereocenters. The molecule has 0 aliphatic heterocycles. The molecule has 2 heterocycles. The molecule has 0 saturated carbocycles. The predicted octanol–water partition coefficient (Wildman–Crippen LogP) is 2.02. The average molecular weight is 239 g/mol. The number of allylic oxidation sites excluding steroid dienone is 6. The summed E-state index contributed by atoms with van der Waals surface area (Å²) in [4.78, 5) is 8.35. The second-order valence-electron chi connectivity index (χ2n) is 3.48. The van der Waals surface area contributed by atoms with Gasteiger partial charge in [0.1, 0.15) is 12.1 Å². The Kier molecular flexibility index (Phi) is 3.33. The number of fused-ring (bicyclic) bond motifs is 1. The number of nitrogens with zero attached hydrogens (tertiary/aromatic N) is 4. The monoisotopic (exact) mass is 239 g/mol. The number of aromatic nitrogens is 4. The average Bonchev–Trinajstić information content (AvgIpc) is 2.82. The van der Waals surface area contributed by atoms with E-state index in [1.54, 1.807) is 22.7 Å². The summed E-state index contributed by atoms with van der Waals surface area (Å²) < 4.78 is 1.62. The lowest BCUT2D eigenvalue weighted by Crippen LogP contribution is -2.04. The van der Waals surface area contributed by atoms with E-state index in [4.69, 9.17) is 5.73 Å². The Balaban J connectivity index is 2.60.